The summed E-state index contributed by atoms with van der Waals surface area (Å²) < 4.78 is 0. The van der Waals surface area contributed by atoms with Gasteiger partial charge in [-0.25, -0.2) is 0 Å². The zero-order valence-corrected chi connectivity index (χ0v) is 10.8. The first-order valence-corrected chi connectivity index (χ1v) is 6.96. The van der Waals surface area contributed by atoms with Crippen LogP contribution in [-0.2, 0) is 0 Å². The molecule has 0 spiro atoms. The molecular weight excluding hydrogens is 184 g/mol. The largest absolute Gasteiger partial charge is 0.396 e. The van der Waals surface area contributed by atoms with Crippen molar-refractivity contribution in [3.05, 3.63) is 0 Å². The standard InChI is InChI=1S/C14H30O/c1-3-5-6-7-8-9-10-11-12-14(4-2)13-15/h14-15H,3-13H2,1-2H3/t14-/m0/s1. The Morgan fingerprint density at radius 2 is 1.33 bits per heavy atom. The van der Waals surface area contributed by atoms with Crippen molar-refractivity contribution in [2.24, 2.45) is 5.92 Å². The van der Waals surface area contributed by atoms with E-state index in [0.717, 1.165) is 6.42 Å². The van der Waals surface area contributed by atoms with E-state index in [-0.39, 0.29) is 0 Å². The van der Waals surface area contributed by atoms with Crippen molar-refractivity contribution in [1.29, 1.82) is 0 Å². The van der Waals surface area contributed by atoms with Crippen molar-refractivity contribution in [2.75, 3.05) is 6.61 Å². The van der Waals surface area contributed by atoms with Crippen LogP contribution in [0.3, 0.4) is 0 Å². The smallest absolute Gasteiger partial charge is 0.0459 e. The average Bonchev–Trinajstić information content (AvgIpc) is 2.27. The molecule has 0 aromatic heterocycles. The van der Waals surface area contributed by atoms with E-state index in [1.165, 1.54) is 57.8 Å². The van der Waals surface area contributed by atoms with Gasteiger partial charge >= 0.3 is 0 Å². The molecule has 0 amide bonds. The van der Waals surface area contributed by atoms with Gasteiger partial charge in [-0.3, -0.25) is 0 Å². The third kappa shape index (κ3) is 10.2. The fourth-order valence-electron chi connectivity index (χ4n) is 1.99. The van der Waals surface area contributed by atoms with Crippen molar-refractivity contribution in [1.82, 2.24) is 0 Å². The molecule has 0 aromatic rings. The van der Waals surface area contributed by atoms with E-state index in [9.17, 15) is 0 Å². The Labute approximate surface area is 96.3 Å². The number of hydrogen-bond donors (Lipinski definition) is 1. The first-order chi connectivity index (χ1) is 7.35. The minimum Gasteiger partial charge on any atom is -0.396 e. The third-order valence-corrected chi connectivity index (χ3v) is 3.30. The predicted molar refractivity (Wildman–Crippen MR) is 68.1 cm³/mol. The zero-order chi connectivity index (χ0) is 11.4. The summed E-state index contributed by atoms with van der Waals surface area (Å²) in [6.45, 7) is 4.82. The molecular formula is C14H30O. The maximum absolute atomic E-state index is 9.03. The molecule has 92 valence electrons. The van der Waals surface area contributed by atoms with Crippen molar-refractivity contribution in [3.63, 3.8) is 0 Å². The molecule has 15 heavy (non-hydrogen) atoms. The highest BCUT2D eigenvalue weighted by molar-refractivity contribution is 4.55. The van der Waals surface area contributed by atoms with Gasteiger partial charge in [0.1, 0.15) is 0 Å². The molecule has 0 saturated carbocycles. The van der Waals surface area contributed by atoms with Crippen LogP contribution in [0.1, 0.15) is 78.1 Å². The van der Waals surface area contributed by atoms with E-state index in [2.05, 4.69) is 13.8 Å². The highest BCUT2D eigenvalue weighted by atomic mass is 16.3. The Morgan fingerprint density at radius 3 is 1.80 bits per heavy atom. The summed E-state index contributed by atoms with van der Waals surface area (Å²) in [5, 5.41) is 9.03. The van der Waals surface area contributed by atoms with Crippen LogP contribution in [0.15, 0.2) is 0 Å². The van der Waals surface area contributed by atoms with E-state index >= 15 is 0 Å². The predicted octanol–water partition coefficient (Wildman–Crippen LogP) is 4.54. The second-order valence-corrected chi connectivity index (χ2v) is 4.72. The van der Waals surface area contributed by atoms with Crippen LogP contribution in [0, 0.1) is 5.92 Å². The summed E-state index contributed by atoms with van der Waals surface area (Å²) in [4.78, 5) is 0. The Bertz CT molecular complexity index is 108. The Hall–Kier alpha value is -0.0400. The number of hydrogen-bond acceptors (Lipinski definition) is 1. The van der Waals surface area contributed by atoms with Crippen molar-refractivity contribution >= 4 is 0 Å². The van der Waals surface area contributed by atoms with E-state index in [4.69, 9.17) is 5.11 Å². The number of aliphatic hydroxyl groups is 1. The van der Waals surface area contributed by atoms with Gasteiger partial charge in [0.05, 0.1) is 0 Å². The fourth-order valence-corrected chi connectivity index (χ4v) is 1.99. The maximum Gasteiger partial charge on any atom is 0.0459 e. The van der Waals surface area contributed by atoms with Crippen LogP contribution in [0.2, 0.25) is 0 Å². The summed E-state index contributed by atoms with van der Waals surface area (Å²) in [6.07, 6.45) is 13.4. The molecule has 1 N–H and O–H groups in total. The van der Waals surface area contributed by atoms with Gasteiger partial charge in [-0.15, -0.1) is 0 Å². The highest BCUT2D eigenvalue weighted by Gasteiger charge is 2.03. The fraction of sp³-hybridized carbons (Fsp3) is 1.00. The average molecular weight is 214 g/mol. The van der Waals surface area contributed by atoms with Gasteiger partial charge in [-0.2, -0.15) is 0 Å². The molecule has 0 rings (SSSR count). The second-order valence-electron chi connectivity index (χ2n) is 4.72. The Morgan fingerprint density at radius 1 is 0.800 bits per heavy atom. The lowest BCUT2D eigenvalue weighted by Gasteiger charge is -2.10. The van der Waals surface area contributed by atoms with Crippen LogP contribution < -0.4 is 0 Å². The van der Waals surface area contributed by atoms with E-state index in [1.54, 1.807) is 0 Å². The molecule has 0 heterocycles. The summed E-state index contributed by atoms with van der Waals surface area (Å²) >= 11 is 0. The molecule has 1 heteroatoms. The van der Waals surface area contributed by atoms with Gasteiger partial charge in [-0.1, -0.05) is 71.6 Å². The minimum absolute atomic E-state index is 0.382. The highest BCUT2D eigenvalue weighted by Crippen LogP contribution is 2.14. The lowest BCUT2D eigenvalue weighted by Crippen LogP contribution is -2.03. The van der Waals surface area contributed by atoms with Crippen molar-refractivity contribution in [3.8, 4) is 0 Å². The lowest BCUT2D eigenvalue weighted by molar-refractivity contribution is 0.211. The summed E-state index contributed by atoms with van der Waals surface area (Å²) in [5.41, 5.74) is 0. The molecule has 0 unspecified atom stereocenters. The van der Waals surface area contributed by atoms with Gasteiger partial charge in [0, 0.05) is 6.61 Å². The molecule has 0 bridgehead atoms. The van der Waals surface area contributed by atoms with E-state index < -0.39 is 0 Å². The van der Waals surface area contributed by atoms with E-state index in [1.807, 2.05) is 0 Å². The Kier molecular flexibility index (Phi) is 12.0. The molecule has 0 aliphatic carbocycles. The van der Waals surface area contributed by atoms with Crippen LogP contribution in [-0.4, -0.2) is 11.7 Å². The van der Waals surface area contributed by atoms with Crippen LogP contribution in [0.4, 0.5) is 0 Å². The SMILES string of the molecule is CCCCCCCCCC[C@H](CC)CO. The van der Waals surface area contributed by atoms with Gasteiger partial charge in [0.25, 0.3) is 0 Å². The second kappa shape index (κ2) is 12.0. The number of unbranched alkanes of at least 4 members (excludes halogenated alkanes) is 7. The summed E-state index contributed by atoms with van der Waals surface area (Å²) in [7, 11) is 0. The molecule has 1 nitrogen and oxygen atoms in total. The Balaban J connectivity index is 3.04. The van der Waals surface area contributed by atoms with Crippen LogP contribution in [0.25, 0.3) is 0 Å². The molecule has 0 aliphatic rings. The number of aliphatic hydroxyl groups excluding tert-OH is 1. The molecule has 0 radical (unpaired) electrons. The molecule has 0 aliphatic heterocycles. The van der Waals surface area contributed by atoms with Crippen molar-refractivity contribution < 1.29 is 5.11 Å². The minimum atomic E-state index is 0.382. The van der Waals surface area contributed by atoms with Gasteiger partial charge in [0.2, 0.25) is 0 Å². The van der Waals surface area contributed by atoms with Gasteiger partial charge in [0.15, 0.2) is 0 Å². The molecule has 0 saturated heterocycles. The van der Waals surface area contributed by atoms with E-state index in [0.29, 0.717) is 12.5 Å². The molecule has 0 fully saturated rings. The van der Waals surface area contributed by atoms with Crippen molar-refractivity contribution in [2.45, 2.75) is 78.1 Å². The van der Waals surface area contributed by atoms with Gasteiger partial charge in [-0.05, 0) is 12.3 Å². The summed E-state index contributed by atoms with van der Waals surface area (Å²) in [5.74, 6) is 0.560. The quantitative estimate of drug-likeness (QED) is 0.501. The molecule has 0 aromatic carbocycles. The topological polar surface area (TPSA) is 20.2 Å². The maximum atomic E-state index is 9.03. The normalized spacial score (nSPS) is 13.0. The third-order valence-electron chi connectivity index (χ3n) is 3.30. The van der Waals surface area contributed by atoms with Gasteiger partial charge < -0.3 is 5.11 Å². The lowest BCUT2D eigenvalue weighted by atomic mass is 9.98. The first kappa shape index (κ1) is 15.0. The first-order valence-electron chi connectivity index (χ1n) is 6.96. The zero-order valence-electron chi connectivity index (χ0n) is 10.8. The number of rotatable bonds is 11. The monoisotopic (exact) mass is 214 g/mol. The van der Waals surface area contributed by atoms with Crippen LogP contribution in [0.5, 0.6) is 0 Å². The summed E-state index contributed by atoms with van der Waals surface area (Å²) in [6, 6.07) is 0. The molecule has 1 atom stereocenters. The van der Waals surface area contributed by atoms with Crippen LogP contribution >= 0.6 is 0 Å².